The molecule has 1 N–H and O–H groups in total. The van der Waals surface area contributed by atoms with Crippen LogP contribution in [-0.2, 0) is 6.54 Å². The Bertz CT molecular complexity index is 591. The molecule has 3 rings (SSSR count). The minimum Gasteiger partial charge on any atom is -0.493 e. The summed E-state index contributed by atoms with van der Waals surface area (Å²) < 4.78 is 7.08. The van der Waals surface area contributed by atoms with Crippen molar-refractivity contribution < 1.29 is 14.6 Å². The molecule has 0 saturated heterocycles. The molecule has 0 saturated carbocycles. The first-order valence-corrected chi connectivity index (χ1v) is 5.72. The molecule has 92 valence electrons. The van der Waals surface area contributed by atoms with Gasteiger partial charge in [-0.15, -0.1) is 0 Å². The van der Waals surface area contributed by atoms with E-state index < -0.39 is 5.97 Å². The van der Waals surface area contributed by atoms with Gasteiger partial charge >= 0.3 is 5.97 Å². The molecule has 2 heterocycles. The van der Waals surface area contributed by atoms with E-state index in [4.69, 9.17) is 9.84 Å². The van der Waals surface area contributed by atoms with E-state index in [1.165, 1.54) is 16.9 Å². The molecule has 18 heavy (non-hydrogen) atoms. The lowest BCUT2D eigenvalue weighted by molar-refractivity contribution is 0.0682. The summed E-state index contributed by atoms with van der Waals surface area (Å²) >= 11 is 0. The number of para-hydroxylation sites is 1. The standard InChI is InChI=1S/C13H12N2O3/c16-13(17)11-5-6-14-15(11)7-9-8-18-12-4-2-1-3-10(9)12/h1-6,9H,7-8H2,(H,16,17). The second-order valence-electron chi connectivity index (χ2n) is 4.25. The van der Waals surface area contributed by atoms with Crippen LogP contribution in [0.1, 0.15) is 22.0 Å². The molecule has 1 aliphatic rings. The highest BCUT2D eigenvalue weighted by Crippen LogP contribution is 2.34. The number of rotatable bonds is 3. The van der Waals surface area contributed by atoms with E-state index in [9.17, 15) is 4.79 Å². The van der Waals surface area contributed by atoms with Gasteiger partial charge in [0, 0.05) is 17.7 Å². The van der Waals surface area contributed by atoms with E-state index in [0.29, 0.717) is 13.2 Å². The number of carboxylic acids is 1. The summed E-state index contributed by atoms with van der Waals surface area (Å²) in [7, 11) is 0. The van der Waals surface area contributed by atoms with Crippen LogP contribution in [0.4, 0.5) is 0 Å². The number of nitrogens with zero attached hydrogens (tertiary/aromatic N) is 2. The minimum absolute atomic E-state index is 0.152. The Labute approximate surface area is 104 Å². The molecule has 0 fully saturated rings. The van der Waals surface area contributed by atoms with Crippen LogP contribution in [0, 0.1) is 0 Å². The Morgan fingerprint density at radius 3 is 3.11 bits per heavy atom. The highest BCUT2D eigenvalue weighted by molar-refractivity contribution is 5.85. The topological polar surface area (TPSA) is 64.3 Å². The fraction of sp³-hybridized carbons (Fsp3) is 0.231. The summed E-state index contributed by atoms with van der Waals surface area (Å²) in [6.07, 6.45) is 1.51. The highest BCUT2D eigenvalue weighted by atomic mass is 16.5. The van der Waals surface area contributed by atoms with Gasteiger partial charge in [-0.3, -0.25) is 4.68 Å². The molecule has 1 unspecified atom stereocenters. The second-order valence-corrected chi connectivity index (χ2v) is 4.25. The lowest BCUT2D eigenvalue weighted by Crippen LogP contribution is -2.16. The molecule has 5 heteroatoms. The molecular weight excluding hydrogens is 232 g/mol. The van der Waals surface area contributed by atoms with Gasteiger partial charge in [0.05, 0.1) is 13.2 Å². The molecule has 1 aromatic carbocycles. The van der Waals surface area contributed by atoms with Crippen molar-refractivity contribution in [2.75, 3.05) is 6.61 Å². The van der Waals surface area contributed by atoms with Gasteiger partial charge in [-0.05, 0) is 12.1 Å². The predicted molar refractivity (Wildman–Crippen MR) is 63.9 cm³/mol. The number of hydrogen-bond acceptors (Lipinski definition) is 3. The fourth-order valence-corrected chi connectivity index (χ4v) is 2.25. The number of aromatic nitrogens is 2. The lowest BCUT2D eigenvalue weighted by Gasteiger charge is -2.10. The summed E-state index contributed by atoms with van der Waals surface area (Å²) in [6, 6.07) is 9.33. The van der Waals surface area contributed by atoms with Crippen LogP contribution < -0.4 is 4.74 Å². The van der Waals surface area contributed by atoms with Gasteiger partial charge in [0.1, 0.15) is 11.4 Å². The quantitative estimate of drug-likeness (QED) is 0.893. The van der Waals surface area contributed by atoms with E-state index >= 15 is 0 Å². The summed E-state index contributed by atoms with van der Waals surface area (Å²) in [5.41, 5.74) is 1.32. The zero-order valence-corrected chi connectivity index (χ0v) is 9.61. The minimum atomic E-state index is -0.959. The second kappa shape index (κ2) is 4.18. The maximum absolute atomic E-state index is 11.0. The third-order valence-electron chi connectivity index (χ3n) is 3.13. The first-order valence-electron chi connectivity index (χ1n) is 5.72. The van der Waals surface area contributed by atoms with Crippen molar-refractivity contribution in [3.8, 4) is 5.75 Å². The monoisotopic (exact) mass is 244 g/mol. The van der Waals surface area contributed by atoms with Gasteiger partial charge in [0.25, 0.3) is 0 Å². The van der Waals surface area contributed by atoms with Gasteiger partial charge in [-0.1, -0.05) is 18.2 Å². The SMILES string of the molecule is O=C(O)c1ccnn1CC1COc2ccccc21. The summed E-state index contributed by atoms with van der Waals surface area (Å²) in [4.78, 5) is 11.0. The largest absolute Gasteiger partial charge is 0.493 e. The molecule has 0 spiro atoms. The smallest absolute Gasteiger partial charge is 0.354 e. The average Bonchev–Trinajstić information content (AvgIpc) is 2.97. The van der Waals surface area contributed by atoms with Gasteiger partial charge < -0.3 is 9.84 Å². The Morgan fingerprint density at radius 2 is 2.28 bits per heavy atom. The highest BCUT2D eigenvalue weighted by Gasteiger charge is 2.25. The molecule has 0 aliphatic carbocycles. The number of carbonyl (C=O) groups is 1. The van der Waals surface area contributed by atoms with Crippen LogP contribution in [0.3, 0.4) is 0 Å². The maximum atomic E-state index is 11.0. The fourth-order valence-electron chi connectivity index (χ4n) is 2.25. The van der Waals surface area contributed by atoms with Gasteiger partial charge in [0.2, 0.25) is 0 Å². The Hall–Kier alpha value is -2.30. The van der Waals surface area contributed by atoms with Crippen LogP contribution in [0.25, 0.3) is 0 Å². The number of fused-ring (bicyclic) bond motifs is 1. The predicted octanol–water partition coefficient (Wildman–Crippen LogP) is 1.76. The zero-order chi connectivity index (χ0) is 12.5. The first-order chi connectivity index (χ1) is 8.75. The molecule has 1 atom stereocenters. The molecule has 1 aliphatic heterocycles. The van der Waals surface area contributed by atoms with Crippen molar-refractivity contribution in [1.82, 2.24) is 9.78 Å². The number of ether oxygens (including phenoxy) is 1. The van der Waals surface area contributed by atoms with E-state index in [1.807, 2.05) is 24.3 Å². The van der Waals surface area contributed by atoms with Crippen molar-refractivity contribution >= 4 is 5.97 Å². The first kappa shape index (κ1) is 10.8. The zero-order valence-electron chi connectivity index (χ0n) is 9.61. The molecule has 5 nitrogen and oxygen atoms in total. The van der Waals surface area contributed by atoms with E-state index in [2.05, 4.69) is 5.10 Å². The van der Waals surface area contributed by atoms with Crippen LogP contribution in [0.15, 0.2) is 36.5 Å². The molecule has 1 aromatic heterocycles. The Balaban J connectivity index is 1.86. The number of aromatic carboxylic acids is 1. The van der Waals surface area contributed by atoms with Gasteiger partial charge in [0.15, 0.2) is 0 Å². The summed E-state index contributed by atoms with van der Waals surface area (Å²) in [6.45, 7) is 1.09. The van der Waals surface area contributed by atoms with Crippen molar-refractivity contribution in [3.05, 3.63) is 47.8 Å². The number of benzene rings is 1. The molecule has 0 amide bonds. The van der Waals surface area contributed by atoms with E-state index in [1.54, 1.807) is 0 Å². The third-order valence-corrected chi connectivity index (χ3v) is 3.13. The molecular formula is C13H12N2O3. The molecule has 0 bridgehead atoms. The van der Waals surface area contributed by atoms with Gasteiger partial charge in [-0.2, -0.15) is 5.10 Å². The van der Waals surface area contributed by atoms with Gasteiger partial charge in [-0.25, -0.2) is 4.79 Å². The van der Waals surface area contributed by atoms with E-state index in [0.717, 1.165) is 11.3 Å². The Morgan fingerprint density at radius 1 is 1.44 bits per heavy atom. The molecule has 2 aromatic rings. The number of carboxylic acid groups (broad SMARTS) is 1. The number of hydrogen-bond donors (Lipinski definition) is 1. The van der Waals surface area contributed by atoms with Crippen LogP contribution in [-0.4, -0.2) is 27.5 Å². The maximum Gasteiger partial charge on any atom is 0.354 e. The van der Waals surface area contributed by atoms with Crippen molar-refractivity contribution in [2.24, 2.45) is 0 Å². The summed E-state index contributed by atoms with van der Waals surface area (Å²) in [5.74, 6) is 0.0745. The van der Waals surface area contributed by atoms with Crippen molar-refractivity contribution in [2.45, 2.75) is 12.5 Å². The normalized spacial score (nSPS) is 17.2. The summed E-state index contributed by atoms with van der Waals surface area (Å²) in [5, 5.41) is 13.1. The Kier molecular flexibility index (Phi) is 2.51. The van der Waals surface area contributed by atoms with Crippen molar-refractivity contribution in [3.63, 3.8) is 0 Å². The van der Waals surface area contributed by atoms with Crippen molar-refractivity contribution in [1.29, 1.82) is 0 Å². The average molecular weight is 244 g/mol. The van der Waals surface area contributed by atoms with E-state index in [-0.39, 0.29) is 11.6 Å². The van der Waals surface area contributed by atoms with Crippen LogP contribution in [0.2, 0.25) is 0 Å². The lowest BCUT2D eigenvalue weighted by atomic mass is 10.0. The van der Waals surface area contributed by atoms with Crippen LogP contribution >= 0.6 is 0 Å². The molecule has 0 radical (unpaired) electrons. The third kappa shape index (κ3) is 1.73. The van der Waals surface area contributed by atoms with Crippen LogP contribution in [0.5, 0.6) is 5.75 Å².